The topological polar surface area (TPSA) is 66.8 Å². The summed E-state index contributed by atoms with van der Waals surface area (Å²) in [5.41, 5.74) is 0. The summed E-state index contributed by atoms with van der Waals surface area (Å²) in [5, 5.41) is 8.81. The van der Waals surface area contributed by atoms with Crippen LogP contribution in [0.5, 0.6) is 0 Å². The molecule has 0 saturated heterocycles. The van der Waals surface area contributed by atoms with Gasteiger partial charge in [-0.2, -0.15) is 0 Å². The number of nitrogens with zero attached hydrogens (tertiary/aromatic N) is 1. The summed E-state index contributed by atoms with van der Waals surface area (Å²) in [4.78, 5) is 24.0. The van der Waals surface area contributed by atoms with Crippen molar-refractivity contribution in [1.29, 1.82) is 0 Å². The van der Waals surface area contributed by atoms with Crippen LogP contribution in [-0.2, 0) is 14.3 Å². The van der Waals surface area contributed by atoms with Crippen LogP contribution in [0.4, 0.5) is 8.78 Å². The van der Waals surface area contributed by atoms with Crippen LogP contribution in [0.2, 0.25) is 0 Å². The quantitative estimate of drug-likeness (QED) is 0.684. The zero-order valence-electron chi connectivity index (χ0n) is 10.7. The van der Waals surface area contributed by atoms with Gasteiger partial charge in [-0.15, -0.1) is 0 Å². The highest BCUT2D eigenvalue weighted by molar-refractivity contribution is 5.81. The molecule has 1 saturated carbocycles. The Kier molecular flexibility index (Phi) is 6.69. The van der Waals surface area contributed by atoms with Gasteiger partial charge in [-0.3, -0.25) is 9.59 Å². The van der Waals surface area contributed by atoms with Gasteiger partial charge in [0, 0.05) is 6.04 Å². The van der Waals surface area contributed by atoms with Crippen LogP contribution in [0.25, 0.3) is 0 Å². The largest absolute Gasteiger partial charge is 0.480 e. The van der Waals surface area contributed by atoms with Crippen molar-refractivity contribution in [3.63, 3.8) is 0 Å². The average molecular weight is 279 g/mol. The van der Waals surface area contributed by atoms with E-state index in [2.05, 4.69) is 4.74 Å². The first-order chi connectivity index (χ1) is 9.00. The molecule has 7 heteroatoms. The van der Waals surface area contributed by atoms with Crippen LogP contribution in [0.3, 0.4) is 0 Å². The fourth-order valence-corrected chi connectivity index (χ4v) is 2.26. The zero-order chi connectivity index (χ0) is 14.3. The van der Waals surface area contributed by atoms with Gasteiger partial charge in [0.15, 0.2) is 0 Å². The Hall–Kier alpha value is -1.24. The maximum Gasteiger partial charge on any atom is 0.323 e. The molecule has 1 rings (SSSR count). The van der Waals surface area contributed by atoms with E-state index >= 15 is 0 Å². The number of amides is 1. The third kappa shape index (κ3) is 5.96. The average Bonchev–Trinajstić information content (AvgIpc) is 2.84. The van der Waals surface area contributed by atoms with Crippen molar-refractivity contribution < 1.29 is 28.2 Å². The molecule has 1 fully saturated rings. The summed E-state index contributed by atoms with van der Waals surface area (Å²) in [5.74, 6) is -1.41. The molecule has 0 aromatic heterocycles. The van der Waals surface area contributed by atoms with E-state index in [0.717, 1.165) is 25.7 Å². The number of hydrogen-bond donors (Lipinski definition) is 1. The van der Waals surface area contributed by atoms with Crippen molar-refractivity contribution >= 4 is 11.9 Å². The highest BCUT2D eigenvalue weighted by Crippen LogP contribution is 2.23. The number of ether oxygens (including phenoxy) is 1. The fourth-order valence-electron chi connectivity index (χ4n) is 2.26. The first kappa shape index (κ1) is 15.8. The van der Waals surface area contributed by atoms with Crippen LogP contribution in [-0.4, -0.2) is 54.1 Å². The van der Waals surface area contributed by atoms with E-state index in [9.17, 15) is 18.4 Å². The summed E-state index contributed by atoms with van der Waals surface area (Å²) >= 11 is 0. The van der Waals surface area contributed by atoms with E-state index in [-0.39, 0.29) is 31.5 Å². The number of rotatable bonds is 8. The number of carbonyl (C=O) groups excluding carboxylic acids is 1. The van der Waals surface area contributed by atoms with Gasteiger partial charge in [-0.25, -0.2) is 8.78 Å². The number of alkyl halides is 2. The minimum Gasteiger partial charge on any atom is -0.480 e. The minimum absolute atomic E-state index is 0.0429. The Bertz CT molecular complexity index is 306. The Morgan fingerprint density at radius 2 is 1.95 bits per heavy atom. The van der Waals surface area contributed by atoms with Gasteiger partial charge < -0.3 is 14.7 Å². The number of hydrogen-bond acceptors (Lipinski definition) is 3. The van der Waals surface area contributed by atoms with Crippen molar-refractivity contribution in [3.05, 3.63) is 0 Å². The van der Waals surface area contributed by atoms with E-state index in [1.807, 2.05) is 0 Å². The van der Waals surface area contributed by atoms with Crippen LogP contribution in [0.1, 0.15) is 32.1 Å². The van der Waals surface area contributed by atoms with E-state index in [1.165, 1.54) is 4.90 Å². The van der Waals surface area contributed by atoms with Crippen LogP contribution in [0.15, 0.2) is 0 Å². The van der Waals surface area contributed by atoms with Crippen molar-refractivity contribution in [2.75, 3.05) is 19.8 Å². The SMILES string of the molecule is O=C(O)CN(C(=O)CCOCC(F)F)C1CCCC1. The van der Waals surface area contributed by atoms with Crippen molar-refractivity contribution in [1.82, 2.24) is 4.90 Å². The standard InChI is InChI=1S/C12H19F2NO4/c13-10(14)8-19-6-5-11(16)15(7-12(17)18)9-3-1-2-4-9/h9-10H,1-8H2,(H,17,18). The second-order valence-corrected chi connectivity index (χ2v) is 4.57. The molecule has 0 unspecified atom stereocenters. The van der Waals surface area contributed by atoms with Gasteiger partial charge in [0.25, 0.3) is 6.43 Å². The number of aliphatic carboxylic acids is 1. The lowest BCUT2D eigenvalue weighted by molar-refractivity contribution is -0.146. The summed E-state index contributed by atoms with van der Waals surface area (Å²) in [6, 6.07) is -0.0429. The molecular formula is C12H19F2NO4. The highest BCUT2D eigenvalue weighted by Gasteiger charge is 2.27. The fraction of sp³-hybridized carbons (Fsp3) is 0.833. The maximum atomic E-state index is 11.9. The summed E-state index contributed by atoms with van der Waals surface area (Å²) in [6.07, 6.45) is 0.955. The molecule has 0 radical (unpaired) electrons. The van der Waals surface area contributed by atoms with Crippen molar-refractivity contribution in [2.45, 2.75) is 44.6 Å². The predicted octanol–water partition coefficient (Wildman–Crippen LogP) is 1.51. The molecule has 1 amide bonds. The molecule has 0 atom stereocenters. The lowest BCUT2D eigenvalue weighted by Gasteiger charge is -2.27. The molecule has 5 nitrogen and oxygen atoms in total. The van der Waals surface area contributed by atoms with E-state index < -0.39 is 19.0 Å². The lowest BCUT2D eigenvalue weighted by atomic mass is 10.2. The normalized spacial score (nSPS) is 15.9. The Morgan fingerprint density at radius 3 is 2.47 bits per heavy atom. The zero-order valence-corrected chi connectivity index (χ0v) is 10.7. The molecule has 0 bridgehead atoms. The highest BCUT2D eigenvalue weighted by atomic mass is 19.3. The molecule has 0 aromatic rings. The Morgan fingerprint density at radius 1 is 1.32 bits per heavy atom. The first-order valence-corrected chi connectivity index (χ1v) is 6.38. The second kappa shape index (κ2) is 8.04. The minimum atomic E-state index is -2.56. The number of carboxylic acid groups (broad SMARTS) is 1. The molecule has 19 heavy (non-hydrogen) atoms. The summed E-state index contributed by atoms with van der Waals surface area (Å²) in [6.45, 7) is -1.14. The summed E-state index contributed by atoms with van der Waals surface area (Å²) < 4.78 is 28.3. The predicted molar refractivity (Wildman–Crippen MR) is 63.0 cm³/mol. The molecule has 1 N–H and O–H groups in total. The number of halogens is 2. The van der Waals surface area contributed by atoms with Crippen LogP contribution >= 0.6 is 0 Å². The molecule has 110 valence electrons. The molecule has 0 aromatic carbocycles. The van der Waals surface area contributed by atoms with Gasteiger partial charge in [0.05, 0.1) is 13.0 Å². The molecule has 0 aliphatic heterocycles. The third-order valence-electron chi connectivity index (χ3n) is 3.10. The number of carboxylic acids is 1. The van der Waals surface area contributed by atoms with Crippen molar-refractivity contribution in [3.8, 4) is 0 Å². The smallest absolute Gasteiger partial charge is 0.323 e. The van der Waals surface area contributed by atoms with E-state index in [1.54, 1.807) is 0 Å². The molecule has 1 aliphatic rings. The first-order valence-electron chi connectivity index (χ1n) is 6.38. The van der Waals surface area contributed by atoms with Gasteiger partial charge in [0.1, 0.15) is 13.2 Å². The van der Waals surface area contributed by atoms with Gasteiger partial charge in [-0.05, 0) is 12.8 Å². The number of carbonyl (C=O) groups is 2. The maximum absolute atomic E-state index is 11.9. The van der Waals surface area contributed by atoms with Gasteiger partial charge >= 0.3 is 5.97 Å². The second-order valence-electron chi connectivity index (χ2n) is 4.57. The molecule has 0 heterocycles. The van der Waals surface area contributed by atoms with Crippen LogP contribution < -0.4 is 0 Å². The van der Waals surface area contributed by atoms with Gasteiger partial charge in [0.2, 0.25) is 5.91 Å². The monoisotopic (exact) mass is 279 g/mol. The van der Waals surface area contributed by atoms with E-state index in [4.69, 9.17) is 5.11 Å². The van der Waals surface area contributed by atoms with E-state index in [0.29, 0.717) is 0 Å². The molecule has 1 aliphatic carbocycles. The van der Waals surface area contributed by atoms with Crippen molar-refractivity contribution in [2.24, 2.45) is 0 Å². The lowest BCUT2D eigenvalue weighted by Crippen LogP contribution is -2.42. The van der Waals surface area contributed by atoms with Gasteiger partial charge in [-0.1, -0.05) is 12.8 Å². The summed E-state index contributed by atoms with van der Waals surface area (Å²) in [7, 11) is 0. The Labute approximate surface area is 110 Å². The third-order valence-corrected chi connectivity index (χ3v) is 3.10. The molecular weight excluding hydrogens is 260 g/mol. The Balaban J connectivity index is 2.40. The molecule has 0 spiro atoms. The van der Waals surface area contributed by atoms with Crippen LogP contribution in [0, 0.1) is 0 Å².